The summed E-state index contributed by atoms with van der Waals surface area (Å²) < 4.78 is 31.9. The fourth-order valence-corrected chi connectivity index (χ4v) is 2.10. The largest absolute Gasteiger partial charge is 0.475 e. The Hall–Kier alpha value is -1.39. The zero-order valence-electron chi connectivity index (χ0n) is 9.80. The van der Waals surface area contributed by atoms with E-state index >= 15 is 0 Å². The number of nitrogens with zero attached hydrogens (tertiary/aromatic N) is 1. The normalized spacial score (nSPS) is 16.2. The molecule has 0 radical (unpaired) electrons. The third-order valence-electron chi connectivity index (χ3n) is 3.06. The lowest BCUT2D eigenvalue weighted by Gasteiger charge is -2.12. The van der Waals surface area contributed by atoms with Gasteiger partial charge in [-0.2, -0.15) is 4.98 Å². The van der Waals surface area contributed by atoms with Gasteiger partial charge in [-0.15, -0.1) is 0 Å². The van der Waals surface area contributed by atoms with Crippen molar-refractivity contribution in [1.82, 2.24) is 4.98 Å². The standard InChI is InChI=1S/C12H16F2N2O/c1-15-11-9(13)6-10(14)12(16-11)17-7-8-4-2-3-5-8/h6,8H,2-5,7H2,1H3,(H,15,16). The first-order valence-corrected chi connectivity index (χ1v) is 5.87. The van der Waals surface area contributed by atoms with E-state index in [1.807, 2.05) is 0 Å². The highest BCUT2D eigenvalue weighted by Gasteiger charge is 2.18. The van der Waals surface area contributed by atoms with Gasteiger partial charge in [0.15, 0.2) is 17.5 Å². The lowest BCUT2D eigenvalue weighted by Crippen LogP contribution is -2.11. The summed E-state index contributed by atoms with van der Waals surface area (Å²) in [6.07, 6.45) is 4.63. The highest BCUT2D eigenvalue weighted by molar-refractivity contribution is 5.38. The van der Waals surface area contributed by atoms with Gasteiger partial charge in [-0.25, -0.2) is 8.78 Å². The topological polar surface area (TPSA) is 34.2 Å². The molecule has 1 aromatic rings. The van der Waals surface area contributed by atoms with Crippen molar-refractivity contribution in [2.24, 2.45) is 5.92 Å². The monoisotopic (exact) mass is 242 g/mol. The molecule has 0 aliphatic heterocycles. The van der Waals surface area contributed by atoms with Gasteiger partial charge in [-0.3, -0.25) is 0 Å². The summed E-state index contributed by atoms with van der Waals surface area (Å²) in [4.78, 5) is 3.77. The van der Waals surface area contributed by atoms with Crippen LogP contribution >= 0.6 is 0 Å². The zero-order valence-corrected chi connectivity index (χ0v) is 9.80. The third kappa shape index (κ3) is 2.84. The van der Waals surface area contributed by atoms with E-state index in [1.165, 1.54) is 19.9 Å². The molecule has 17 heavy (non-hydrogen) atoms. The minimum Gasteiger partial charge on any atom is -0.475 e. The number of hydrogen-bond donors (Lipinski definition) is 1. The number of pyridine rings is 1. The van der Waals surface area contributed by atoms with Crippen LogP contribution in [-0.4, -0.2) is 18.6 Å². The van der Waals surface area contributed by atoms with E-state index in [1.54, 1.807) is 0 Å². The van der Waals surface area contributed by atoms with Gasteiger partial charge >= 0.3 is 0 Å². The quantitative estimate of drug-likeness (QED) is 0.881. The molecule has 5 heteroatoms. The van der Waals surface area contributed by atoms with Gasteiger partial charge in [0.1, 0.15) is 0 Å². The van der Waals surface area contributed by atoms with Crippen LogP contribution in [0.5, 0.6) is 5.88 Å². The Morgan fingerprint density at radius 1 is 1.35 bits per heavy atom. The second-order valence-electron chi connectivity index (χ2n) is 4.32. The Bertz CT molecular complexity index is 392. The van der Waals surface area contributed by atoms with Gasteiger partial charge in [0.25, 0.3) is 5.88 Å². The van der Waals surface area contributed by atoms with Crippen molar-refractivity contribution in [2.45, 2.75) is 25.7 Å². The summed E-state index contributed by atoms with van der Waals surface area (Å²) in [6, 6.07) is 0.794. The maximum absolute atomic E-state index is 13.4. The molecule has 94 valence electrons. The average Bonchev–Trinajstić information content (AvgIpc) is 2.81. The number of rotatable bonds is 4. The van der Waals surface area contributed by atoms with Crippen molar-refractivity contribution in [3.8, 4) is 5.88 Å². The molecule has 0 spiro atoms. The highest BCUT2D eigenvalue weighted by atomic mass is 19.1. The van der Waals surface area contributed by atoms with Crippen LogP contribution in [-0.2, 0) is 0 Å². The molecule has 1 N–H and O–H groups in total. The number of anilines is 1. The van der Waals surface area contributed by atoms with Crippen molar-refractivity contribution >= 4 is 5.82 Å². The number of hydrogen-bond acceptors (Lipinski definition) is 3. The molecule has 0 saturated heterocycles. The van der Waals surface area contributed by atoms with E-state index in [2.05, 4.69) is 10.3 Å². The predicted octanol–water partition coefficient (Wildman–Crippen LogP) is 2.97. The van der Waals surface area contributed by atoms with Crippen molar-refractivity contribution in [1.29, 1.82) is 0 Å². The lowest BCUT2D eigenvalue weighted by molar-refractivity contribution is 0.232. The van der Waals surface area contributed by atoms with Crippen LogP contribution in [0.4, 0.5) is 14.6 Å². The Kier molecular flexibility index (Phi) is 3.76. The van der Waals surface area contributed by atoms with E-state index in [0.29, 0.717) is 12.5 Å². The fraction of sp³-hybridized carbons (Fsp3) is 0.583. The Balaban J connectivity index is 2.03. The van der Waals surface area contributed by atoms with Crippen LogP contribution in [0, 0.1) is 17.6 Å². The van der Waals surface area contributed by atoms with Crippen molar-refractivity contribution in [3.63, 3.8) is 0 Å². The van der Waals surface area contributed by atoms with Gasteiger partial charge in [-0.05, 0) is 18.8 Å². The van der Waals surface area contributed by atoms with Gasteiger partial charge in [0, 0.05) is 13.1 Å². The van der Waals surface area contributed by atoms with Crippen LogP contribution in [0.3, 0.4) is 0 Å². The molecule has 0 amide bonds. The Labute approximate surface area is 99.2 Å². The Morgan fingerprint density at radius 3 is 2.71 bits per heavy atom. The van der Waals surface area contributed by atoms with Crippen LogP contribution in [0.25, 0.3) is 0 Å². The van der Waals surface area contributed by atoms with E-state index < -0.39 is 11.6 Å². The zero-order chi connectivity index (χ0) is 12.3. The Morgan fingerprint density at radius 2 is 2.06 bits per heavy atom. The summed E-state index contributed by atoms with van der Waals surface area (Å²) in [6.45, 7) is 0.457. The summed E-state index contributed by atoms with van der Waals surface area (Å²) in [5, 5.41) is 2.56. The molecule has 1 aliphatic rings. The van der Waals surface area contributed by atoms with E-state index in [-0.39, 0.29) is 11.7 Å². The van der Waals surface area contributed by atoms with Crippen molar-refractivity contribution < 1.29 is 13.5 Å². The molecule has 1 aliphatic carbocycles. The average molecular weight is 242 g/mol. The smallest absolute Gasteiger partial charge is 0.252 e. The van der Waals surface area contributed by atoms with Gasteiger partial charge in [-0.1, -0.05) is 12.8 Å². The molecule has 1 saturated carbocycles. The van der Waals surface area contributed by atoms with Crippen molar-refractivity contribution in [3.05, 3.63) is 17.7 Å². The van der Waals surface area contributed by atoms with Crippen molar-refractivity contribution in [2.75, 3.05) is 19.0 Å². The second kappa shape index (κ2) is 5.29. The molecule has 1 aromatic heterocycles. The first-order valence-electron chi connectivity index (χ1n) is 5.87. The minimum atomic E-state index is -0.750. The predicted molar refractivity (Wildman–Crippen MR) is 61.2 cm³/mol. The third-order valence-corrected chi connectivity index (χ3v) is 3.06. The molecule has 3 nitrogen and oxygen atoms in total. The first kappa shape index (κ1) is 12.1. The van der Waals surface area contributed by atoms with Gasteiger partial charge in [0.2, 0.25) is 0 Å². The minimum absolute atomic E-state index is 0.00724. The summed E-state index contributed by atoms with van der Waals surface area (Å²) in [7, 11) is 1.53. The van der Waals surface area contributed by atoms with E-state index in [0.717, 1.165) is 18.9 Å². The number of nitrogens with one attached hydrogen (secondary N) is 1. The molecule has 1 heterocycles. The molecular weight excluding hydrogens is 226 g/mol. The summed E-state index contributed by atoms with van der Waals surface area (Å²) >= 11 is 0. The van der Waals surface area contributed by atoms with E-state index in [9.17, 15) is 8.78 Å². The van der Waals surface area contributed by atoms with Gasteiger partial charge in [0.05, 0.1) is 6.61 Å². The molecule has 2 rings (SSSR count). The van der Waals surface area contributed by atoms with Crippen LogP contribution in [0.15, 0.2) is 6.07 Å². The fourth-order valence-electron chi connectivity index (χ4n) is 2.10. The van der Waals surface area contributed by atoms with Gasteiger partial charge < -0.3 is 10.1 Å². The first-order chi connectivity index (χ1) is 8.20. The lowest BCUT2D eigenvalue weighted by atomic mass is 10.1. The highest BCUT2D eigenvalue weighted by Crippen LogP contribution is 2.26. The van der Waals surface area contributed by atoms with E-state index in [4.69, 9.17) is 4.74 Å². The summed E-state index contributed by atoms with van der Waals surface area (Å²) in [5.41, 5.74) is 0. The molecular formula is C12H16F2N2O. The number of aromatic nitrogens is 1. The summed E-state index contributed by atoms with van der Waals surface area (Å²) in [5.74, 6) is -1.10. The van der Waals surface area contributed by atoms with Crippen LogP contribution in [0.2, 0.25) is 0 Å². The molecule has 1 fully saturated rings. The van der Waals surface area contributed by atoms with Crippen LogP contribution in [0.1, 0.15) is 25.7 Å². The SMILES string of the molecule is CNc1nc(OCC2CCCC2)c(F)cc1F. The molecule has 0 unspecified atom stereocenters. The number of ether oxygens (including phenoxy) is 1. The van der Waals surface area contributed by atoms with Crippen LogP contribution < -0.4 is 10.1 Å². The molecule has 0 bridgehead atoms. The molecule has 0 aromatic carbocycles. The molecule has 0 atom stereocenters. The second-order valence-corrected chi connectivity index (χ2v) is 4.32. The maximum atomic E-state index is 13.4. The number of halogens is 2. The maximum Gasteiger partial charge on any atom is 0.252 e.